The van der Waals surface area contributed by atoms with Crippen LogP contribution in [0.4, 0.5) is 11.5 Å². The Morgan fingerprint density at radius 3 is 3.00 bits per heavy atom. The van der Waals surface area contributed by atoms with Gasteiger partial charge in [-0.2, -0.15) is 4.99 Å². The van der Waals surface area contributed by atoms with Crippen LogP contribution in [0, 0.1) is 0 Å². The van der Waals surface area contributed by atoms with E-state index in [-0.39, 0.29) is 0 Å². The number of fused-ring (bicyclic) bond motifs is 1. The normalized spacial score (nSPS) is 9.71. The number of rotatable bonds is 1. The maximum absolute atomic E-state index is 5.68. The molecule has 5 heteroatoms. The van der Waals surface area contributed by atoms with Gasteiger partial charge < -0.3 is 5.73 Å². The molecule has 0 spiro atoms. The van der Waals surface area contributed by atoms with E-state index in [1.807, 2.05) is 6.07 Å². The lowest BCUT2D eigenvalue weighted by Crippen LogP contribution is -1.92. The molecule has 0 aliphatic carbocycles. The van der Waals surface area contributed by atoms with Crippen LogP contribution < -0.4 is 5.73 Å². The number of nitrogens with zero attached hydrogens (tertiary/aromatic N) is 3. The number of nitrogens with two attached hydrogens (primary N) is 1. The molecular formula is C9H6N4S. The summed E-state index contributed by atoms with van der Waals surface area (Å²) >= 11 is 4.51. The first-order valence-electron chi connectivity index (χ1n) is 3.89. The Balaban J connectivity index is 2.75. The minimum absolute atomic E-state index is 0.441. The number of isothiocyanates is 1. The van der Waals surface area contributed by atoms with Crippen LogP contribution in [-0.2, 0) is 0 Å². The van der Waals surface area contributed by atoms with Gasteiger partial charge in [0.2, 0.25) is 0 Å². The molecule has 1 aromatic heterocycles. The lowest BCUT2D eigenvalue weighted by molar-refractivity contribution is 1.23. The van der Waals surface area contributed by atoms with E-state index in [1.165, 1.54) is 6.33 Å². The van der Waals surface area contributed by atoms with E-state index in [0.29, 0.717) is 11.5 Å². The Bertz CT molecular complexity index is 531. The number of hydrogen-bond acceptors (Lipinski definition) is 5. The number of aliphatic imine (C=N–C) groups is 1. The molecule has 1 aromatic carbocycles. The summed E-state index contributed by atoms with van der Waals surface area (Å²) in [6.07, 6.45) is 1.43. The number of hydrogen-bond donors (Lipinski definition) is 1. The van der Waals surface area contributed by atoms with Crippen LogP contribution >= 0.6 is 12.2 Å². The first kappa shape index (κ1) is 8.74. The summed E-state index contributed by atoms with van der Waals surface area (Å²) < 4.78 is 0. The number of nitrogen functional groups attached to an aromatic ring is 1. The van der Waals surface area contributed by atoms with Gasteiger partial charge in [-0.1, -0.05) is 0 Å². The van der Waals surface area contributed by atoms with Gasteiger partial charge in [0.25, 0.3) is 0 Å². The van der Waals surface area contributed by atoms with Gasteiger partial charge in [-0.25, -0.2) is 9.97 Å². The van der Waals surface area contributed by atoms with Gasteiger partial charge in [0.1, 0.15) is 12.1 Å². The van der Waals surface area contributed by atoms with Crippen molar-refractivity contribution < 1.29 is 0 Å². The van der Waals surface area contributed by atoms with Crippen molar-refractivity contribution in [2.75, 3.05) is 5.73 Å². The summed E-state index contributed by atoms with van der Waals surface area (Å²) in [4.78, 5) is 11.8. The highest BCUT2D eigenvalue weighted by molar-refractivity contribution is 7.78. The van der Waals surface area contributed by atoms with Crippen LogP contribution in [0.15, 0.2) is 29.5 Å². The Morgan fingerprint density at radius 2 is 2.21 bits per heavy atom. The molecule has 0 saturated heterocycles. The Hall–Kier alpha value is -1.84. The summed E-state index contributed by atoms with van der Waals surface area (Å²) in [5, 5.41) is 3.07. The second-order valence-electron chi connectivity index (χ2n) is 2.66. The van der Waals surface area contributed by atoms with Gasteiger partial charge in [-0.15, -0.1) is 0 Å². The maximum Gasteiger partial charge on any atom is 0.134 e. The first-order chi connectivity index (χ1) is 6.81. The molecule has 0 radical (unpaired) electrons. The molecule has 0 aliphatic heterocycles. The smallest absolute Gasteiger partial charge is 0.134 e. The Morgan fingerprint density at radius 1 is 1.36 bits per heavy atom. The fourth-order valence-corrected chi connectivity index (χ4v) is 1.29. The number of thiocarbonyl (C=S) groups is 1. The SMILES string of the molecule is Nc1ncnc2ccc(N=C=S)cc12. The molecule has 0 atom stereocenters. The number of benzene rings is 1. The predicted molar refractivity (Wildman–Crippen MR) is 58.6 cm³/mol. The third kappa shape index (κ3) is 1.46. The van der Waals surface area contributed by atoms with Crippen LogP contribution in [0.2, 0.25) is 0 Å². The zero-order chi connectivity index (χ0) is 9.97. The van der Waals surface area contributed by atoms with Crippen molar-refractivity contribution in [3.63, 3.8) is 0 Å². The summed E-state index contributed by atoms with van der Waals surface area (Å²) in [5.74, 6) is 0.441. The highest BCUT2D eigenvalue weighted by Gasteiger charge is 2.00. The van der Waals surface area contributed by atoms with Crippen LogP contribution in [0.1, 0.15) is 0 Å². The molecule has 2 N–H and O–H groups in total. The standard InChI is InChI=1S/C9H6N4S/c10-9-7-3-6(13-5-14)1-2-8(7)11-4-12-9/h1-4H,(H2,10,11,12). The molecule has 68 valence electrons. The molecule has 2 aromatic rings. The number of aromatic nitrogens is 2. The van der Waals surface area contributed by atoms with Crippen molar-refractivity contribution >= 4 is 39.8 Å². The fourth-order valence-electron chi connectivity index (χ4n) is 1.19. The second-order valence-corrected chi connectivity index (χ2v) is 2.85. The van der Waals surface area contributed by atoms with Crippen molar-refractivity contribution in [2.24, 2.45) is 4.99 Å². The highest BCUT2D eigenvalue weighted by Crippen LogP contribution is 2.22. The molecule has 4 nitrogen and oxygen atoms in total. The molecule has 0 fully saturated rings. The summed E-state index contributed by atoms with van der Waals surface area (Å²) in [6.45, 7) is 0. The zero-order valence-corrected chi connectivity index (χ0v) is 7.95. The average Bonchev–Trinajstić information content (AvgIpc) is 2.20. The van der Waals surface area contributed by atoms with Crippen molar-refractivity contribution in [3.8, 4) is 0 Å². The zero-order valence-electron chi connectivity index (χ0n) is 7.14. The average molecular weight is 202 g/mol. The maximum atomic E-state index is 5.68. The van der Waals surface area contributed by atoms with Crippen molar-refractivity contribution in [1.82, 2.24) is 9.97 Å². The van der Waals surface area contributed by atoms with Gasteiger partial charge in [-0.05, 0) is 30.4 Å². The monoisotopic (exact) mass is 202 g/mol. The van der Waals surface area contributed by atoms with E-state index in [4.69, 9.17) is 5.73 Å². The Labute approximate surface area is 85.5 Å². The highest BCUT2D eigenvalue weighted by atomic mass is 32.1. The second kappa shape index (κ2) is 3.49. The van der Waals surface area contributed by atoms with Gasteiger partial charge in [0.15, 0.2) is 0 Å². The molecule has 1 heterocycles. The van der Waals surface area contributed by atoms with E-state index in [2.05, 4.69) is 32.3 Å². The molecule has 2 rings (SSSR count). The molecule has 0 aliphatic rings. The topological polar surface area (TPSA) is 64.2 Å². The Kier molecular flexibility index (Phi) is 2.18. The van der Waals surface area contributed by atoms with Crippen LogP contribution in [-0.4, -0.2) is 15.1 Å². The van der Waals surface area contributed by atoms with Crippen LogP contribution in [0.3, 0.4) is 0 Å². The van der Waals surface area contributed by atoms with E-state index < -0.39 is 0 Å². The molecule has 0 amide bonds. The predicted octanol–water partition coefficient (Wildman–Crippen LogP) is 1.95. The van der Waals surface area contributed by atoms with Crippen molar-refractivity contribution in [2.45, 2.75) is 0 Å². The molecular weight excluding hydrogens is 196 g/mol. The largest absolute Gasteiger partial charge is 0.383 e. The molecule has 14 heavy (non-hydrogen) atoms. The van der Waals surface area contributed by atoms with Gasteiger partial charge >= 0.3 is 0 Å². The van der Waals surface area contributed by atoms with E-state index >= 15 is 0 Å². The fraction of sp³-hybridized carbons (Fsp3) is 0. The molecule has 0 saturated carbocycles. The minimum atomic E-state index is 0.441. The van der Waals surface area contributed by atoms with Crippen molar-refractivity contribution in [1.29, 1.82) is 0 Å². The van der Waals surface area contributed by atoms with Crippen LogP contribution in [0.25, 0.3) is 10.9 Å². The van der Waals surface area contributed by atoms with Gasteiger partial charge in [0, 0.05) is 5.39 Å². The third-order valence-corrected chi connectivity index (χ3v) is 1.92. The van der Waals surface area contributed by atoms with E-state index in [0.717, 1.165) is 10.9 Å². The molecule has 0 unspecified atom stereocenters. The van der Waals surface area contributed by atoms with Gasteiger partial charge in [-0.3, -0.25) is 0 Å². The lowest BCUT2D eigenvalue weighted by Gasteiger charge is -1.99. The minimum Gasteiger partial charge on any atom is -0.383 e. The summed E-state index contributed by atoms with van der Waals surface area (Å²) in [6, 6.07) is 5.40. The first-order valence-corrected chi connectivity index (χ1v) is 4.30. The van der Waals surface area contributed by atoms with E-state index in [1.54, 1.807) is 12.1 Å². The summed E-state index contributed by atoms with van der Waals surface area (Å²) in [7, 11) is 0. The van der Waals surface area contributed by atoms with Crippen LogP contribution in [0.5, 0.6) is 0 Å². The summed E-state index contributed by atoms with van der Waals surface area (Å²) in [5.41, 5.74) is 7.18. The quantitative estimate of drug-likeness (QED) is 0.567. The third-order valence-electron chi connectivity index (χ3n) is 1.82. The molecule has 0 bridgehead atoms. The van der Waals surface area contributed by atoms with E-state index in [9.17, 15) is 0 Å². The number of anilines is 1. The van der Waals surface area contributed by atoms with Gasteiger partial charge in [0.05, 0.1) is 16.4 Å². The van der Waals surface area contributed by atoms with Crippen molar-refractivity contribution in [3.05, 3.63) is 24.5 Å². The lowest BCUT2D eigenvalue weighted by atomic mass is 10.2.